The van der Waals surface area contributed by atoms with Gasteiger partial charge in [0.15, 0.2) is 0 Å². The summed E-state index contributed by atoms with van der Waals surface area (Å²) in [4.78, 5) is 0. The molecule has 0 amide bonds. The van der Waals surface area contributed by atoms with Gasteiger partial charge in [-0.25, -0.2) is 0 Å². The molecule has 2 heteroatoms. The third-order valence-electron chi connectivity index (χ3n) is 1.37. The molecule has 2 nitrogen and oxygen atoms in total. The van der Waals surface area contributed by atoms with Crippen molar-refractivity contribution >= 4 is 12.3 Å². The largest absolute Gasteiger partial charge is 0.394 e. The third-order valence-corrected chi connectivity index (χ3v) is 1.37. The fourth-order valence-electron chi connectivity index (χ4n) is 0.882. The van der Waals surface area contributed by atoms with Crippen LogP contribution in [0.4, 0.5) is 0 Å². The minimum atomic E-state index is 0.918. The summed E-state index contributed by atoms with van der Waals surface area (Å²) >= 11 is 0. The van der Waals surface area contributed by atoms with E-state index in [9.17, 15) is 0 Å². The first kappa shape index (κ1) is 5.35. The summed E-state index contributed by atoms with van der Waals surface area (Å²) < 4.78 is 0. The van der Waals surface area contributed by atoms with Crippen LogP contribution in [0.2, 0.25) is 0 Å². The zero-order valence-corrected chi connectivity index (χ0v) is 5.28. The molecule has 0 fully saturated rings. The molecule has 0 N–H and O–H groups in total. The highest BCUT2D eigenvalue weighted by atomic mass is 15.2. The zero-order valence-electron chi connectivity index (χ0n) is 5.28. The van der Waals surface area contributed by atoms with Crippen molar-refractivity contribution < 1.29 is 0 Å². The van der Waals surface area contributed by atoms with Crippen molar-refractivity contribution in [3.63, 3.8) is 0 Å². The average Bonchev–Trinajstić information content (AvgIpc) is 2.05. The maximum Gasteiger partial charge on any atom is 0.394 e. The summed E-state index contributed by atoms with van der Waals surface area (Å²) in [5, 5.41) is 9.51. The normalized spacial score (nSPS) is 13.2. The van der Waals surface area contributed by atoms with Crippen molar-refractivity contribution in [3.05, 3.63) is 34.8 Å². The van der Waals surface area contributed by atoms with E-state index in [4.69, 9.17) is 0 Å². The van der Waals surface area contributed by atoms with Gasteiger partial charge in [-0.1, -0.05) is 18.2 Å². The molecule has 0 spiro atoms. The number of benzene rings is 1. The lowest BCUT2D eigenvalue weighted by atomic mass is 10.2. The van der Waals surface area contributed by atoms with Gasteiger partial charge >= 0.3 is 6.21 Å². The Labute approximate surface area is 58.2 Å². The summed E-state index contributed by atoms with van der Waals surface area (Å²) in [6.07, 6.45) is 4.50. The number of nitrogens with zero attached hydrogens (tertiary/aromatic N) is 2. The Morgan fingerprint density at radius 2 is 2.20 bits per heavy atom. The molecule has 46 valence electrons. The second kappa shape index (κ2) is 2.06. The first-order valence-electron chi connectivity index (χ1n) is 3.05. The second-order valence-corrected chi connectivity index (χ2v) is 2.03. The molecule has 1 aliphatic rings. The third kappa shape index (κ3) is 0.739. The van der Waals surface area contributed by atoms with Gasteiger partial charge in [-0.2, -0.15) is 0 Å². The Balaban J connectivity index is 2.92. The van der Waals surface area contributed by atoms with E-state index < -0.39 is 0 Å². The van der Waals surface area contributed by atoms with E-state index in [-0.39, 0.29) is 0 Å². The Hall–Kier alpha value is -1.44. The van der Waals surface area contributed by atoms with Crippen molar-refractivity contribution in [2.45, 2.75) is 0 Å². The molecule has 0 bridgehead atoms. The van der Waals surface area contributed by atoms with Gasteiger partial charge in [0.2, 0.25) is 5.10 Å². The minimum Gasteiger partial charge on any atom is -0.0615 e. The molecule has 0 saturated carbocycles. The van der Waals surface area contributed by atoms with E-state index in [1.165, 1.54) is 0 Å². The average molecular weight is 129 g/mol. The first-order chi connectivity index (χ1) is 4.97. The Morgan fingerprint density at radius 3 is 3.10 bits per heavy atom. The van der Waals surface area contributed by atoms with E-state index >= 15 is 0 Å². The SMILES string of the molecule is [C]1=[N+]N=c2ccccc2=C1. The monoisotopic (exact) mass is 129 g/mol. The molecule has 2 radical (unpaired) electrons. The highest BCUT2D eigenvalue weighted by Gasteiger charge is 1.96. The van der Waals surface area contributed by atoms with E-state index in [1.54, 1.807) is 0 Å². The molecular weight excluding hydrogens is 124 g/mol. The molecule has 1 aromatic carbocycles. The van der Waals surface area contributed by atoms with Crippen molar-refractivity contribution in [1.29, 1.82) is 0 Å². The molecule has 0 aliphatic carbocycles. The lowest BCUT2D eigenvalue weighted by Crippen LogP contribution is -2.27. The van der Waals surface area contributed by atoms with Crippen LogP contribution in [0.1, 0.15) is 0 Å². The standard InChI is InChI=1S/C8H5N2/c1-2-4-8-7(3-1)5-6-9-10-8/h1-5H/q+1. The molecule has 2 rings (SSSR count). The lowest BCUT2D eigenvalue weighted by Gasteiger charge is -1.81. The maximum absolute atomic E-state index is 3.88. The molecule has 10 heavy (non-hydrogen) atoms. The predicted molar refractivity (Wildman–Crippen MR) is 38.8 cm³/mol. The van der Waals surface area contributed by atoms with Crippen LogP contribution in [0.15, 0.2) is 29.4 Å². The highest BCUT2D eigenvalue weighted by Crippen LogP contribution is 1.71. The topological polar surface area (TPSA) is 26.5 Å². The van der Waals surface area contributed by atoms with Gasteiger partial charge < -0.3 is 0 Å². The summed E-state index contributed by atoms with van der Waals surface area (Å²) in [5.41, 5.74) is 0. The summed E-state index contributed by atoms with van der Waals surface area (Å²) in [6.45, 7) is 0. The number of rotatable bonds is 0. The van der Waals surface area contributed by atoms with Gasteiger partial charge in [-0.05, 0) is 6.07 Å². The molecule has 1 aromatic rings. The molecule has 0 aromatic heterocycles. The van der Waals surface area contributed by atoms with Crippen LogP contribution in [0.25, 0.3) is 6.08 Å². The van der Waals surface area contributed by atoms with E-state index in [2.05, 4.69) is 16.4 Å². The molecule has 0 saturated heterocycles. The Kier molecular flexibility index (Phi) is 1.10. The summed E-state index contributed by atoms with van der Waals surface area (Å²) in [5.74, 6) is 0. The molecule has 0 atom stereocenters. The van der Waals surface area contributed by atoms with Gasteiger partial charge in [0.1, 0.15) is 5.36 Å². The van der Waals surface area contributed by atoms with Gasteiger partial charge in [0, 0.05) is 11.3 Å². The van der Waals surface area contributed by atoms with E-state index in [1.807, 2.05) is 30.3 Å². The van der Waals surface area contributed by atoms with Gasteiger partial charge in [-0.15, -0.1) is 0 Å². The number of hydrogen-bond donors (Lipinski definition) is 0. The fraction of sp³-hybridized carbons (Fsp3) is 0. The van der Waals surface area contributed by atoms with Crippen LogP contribution in [-0.2, 0) is 0 Å². The van der Waals surface area contributed by atoms with Crippen molar-refractivity contribution in [1.82, 2.24) is 5.10 Å². The minimum absolute atomic E-state index is 0.918. The van der Waals surface area contributed by atoms with Crippen LogP contribution in [0, 0.1) is 0 Å². The molecular formula is C8H5N2+. The van der Waals surface area contributed by atoms with E-state index in [0.717, 1.165) is 10.6 Å². The zero-order chi connectivity index (χ0) is 6.81. The second-order valence-electron chi connectivity index (χ2n) is 2.03. The van der Waals surface area contributed by atoms with Crippen LogP contribution < -0.4 is 15.7 Å². The van der Waals surface area contributed by atoms with Crippen molar-refractivity contribution in [3.8, 4) is 0 Å². The number of hydrogen-bond acceptors (Lipinski definition) is 2. The van der Waals surface area contributed by atoms with Crippen LogP contribution in [0.5, 0.6) is 0 Å². The Morgan fingerprint density at radius 1 is 1.30 bits per heavy atom. The van der Waals surface area contributed by atoms with Gasteiger partial charge in [0.25, 0.3) is 0 Å². The van der Waals surface area contributed by atoms with Crippen molar-refractivity contribution in [2.75, 3.05) is 0 Å². The highest BCUT2D eigenvalue weighted by molar-refractivity contribution is 5.90. The molecule has 0 unspecified atom stereocenters. The predicted octanol–water partition coefficient (Wildman–Crippen LogP) is -0.701. The number of fused-ring (bicyclic) bond motifs is 1. The van der Waals surface area contributed by atoms with Crippen LogP contribution in [0.3, 0.4) is 0 Å². The molecule has 1 heterocycles. The Bertz CT molecular complexity index is 339. The van der Waals surface area contributed by atoms with Crippen LogP contribution >= 0.6 is 0 Å². The van der Waals surface area contributed by atoms with Gasteiger partial charge in [0.05, 0.1) is 5.10 Å². The lowest BCUT2D eigenvalue weighted by molar-refractivity contribution is 1.02. The quantitative estimate of drug-likeness (QED) is 0.443. The summed E-state index contributed by atoms with van der Waals surface area (Å²) in [7, 11) is 0. The van der Waals surface area contributed by atoms with Crippen molar-refractivity contribution in [2.24, 2.45) is 5.10 Å². The summed E-state index contributed by atoms with van der Waals surface area (Å²) in [6, 6.07) is 7.82. The van der Waals surface area contributed by atoms with E-state index in [0.29, 0.717) is 0 Å². The maximum atomic E-state index is 3.88. The fourth-order valence-corrected chi connectivity index (χ4v) is 0.882. The smallest absolute Gasteiger partial charge is 0.0615 e. The van der Waals surface area contributed by atoms with Gasteiger partial charge in [-0.3, -0.25) is 0 Å². The molecule has 1 aliphatic heterocycles. The first-order valence-corrected chi connectivity index (χ1v) is 3.05. The van der Waals surface area contributed by atoms with Crippen LogP contribution in [-0.4, -0.2) is 6.21 Å².